The highest BCUT2D eigenvalue weighted by Gasteiger charge is 2.32. The third kappa shape index (κ3) is 1.68. The van der Waals surface area contributed by atoms with Crippen molar-refractivity contribution in [2.24, 2.45) is 10.6 Å². The molecule has 0 saturated heterocycles. The Morgan fingerprint density at radius 3 is 2.25 bits per heavy atom. The van der Waals surface area contributed by atoms with Crippen LogP contribution in [0.25, 0.3) is 0 Å². The molecule has 1 N–H and O–H groups in total. The molecule has 2 heteroatoms. The molecule has 0 atom stereocenters. The van der Waals surface area contributed by atoms with Gasteiger partial charge in [-0.25, -0.2) is 0 Å². The van der Waals surface area contributed by atoms with Crippen molar-refractivity contribution in [1.29, 1.82) is 0 Å². The van der Waals surface area contributed by atoms with Crippen LogP contribution in [0.15, 0.2) is 16.3 Å². The predicted molar refractivity (Wildman–Crippen MR) is 50.6 cm³/mol. The van der Waals surface area contributed by atoms with Gasteiger partial charge in [0.15, 0.2) is 0 Å². The summed E-state index contributed by atoms with van der Waals surface area (Å²) in [4.78, 5) is 0. The highest BCUT2D eigenvalue weighted by Crippen LogP contribution is 2.39. The van der Waals surface area contributed by atoms with Crippen molar-refractivity contribution in [2.45, 2.75) is 40.5 Å². The van der Waals surface area contributed by atoms with Crippen LogP contribution in [0.4, 0.5) is 0 Å². The lowest BCUT2D eigenvalue weighted by Crippen LogP contribution is -2.04. The van der Waals surface area contributed by atoms with Gasteiger partial charge in [-0.2, -0.15) is 0 Å². The van der Waals surface area contributed by atoms with Crippen molar-refractivity contribution in [3.63, 3.8) is 0 Å². The van der Waals surface area contributed by atoms with Crippen molar-refractivity contribution in [3.8, 4) is 0 Å². The van der Waals surface area contributed by atoms with E-state index in [1.807, 2.05) is 0 Å². The maximum absolute atomic E-state index is 8.77. The summed E-state index contributed by atoms with van der Waals surface area (Å²) >= 11 is 0. The normalized spacial score (nSPS) is 25.0. The number of allylic oxidation sites excluding steroid dienone is 2. The molecule has 1 aliphatic rings. The summed E-state index contributed by atoms with van der Waals surface area (Å²) in [6.07, 6.45) is 1.93. The van der Waals surface area contributed by atoms with Crippen molar-refractivity contribution >= 4 is 5.71 Å². The molecule has 12 heavy (non-hydrogen) atoms. The van der Waals surface area contributed by atoms with Gasteiger partial charge in [-0.3, -0.25) is 0 Å². The van der Waals surface area contributed by atoms with Crippen LogP contribution in [0.2, 0.25) is 0 Å². The Balaban J connectivity index is 3.01. The monoisotopic (exact) mass is 167 g/mol. The second-order valence-corrected chi connectivity index (χ2v) is 4.54. The molecular formula is C10H17NO. The predicted octanol–water partition coefficient (Wildman–Crippen LogP) is 2.97. The van der Waals surface area contributed by atoms with Gasteiger partial charge in [0.1, 0.15) is 0 Å². The van der Waals surface area contributed by atoms with Gasteiger partial charge >= 0.3 is 0 Å². The Morgan fingerprint density at radius 2 is 1.92 bits per heavy atom. The lowest BCUT2D eigenvalue weighted by atomic mass is 9.91. The van der Waals surface area contributed by atoms with Crippen LogP contribution in [0.1, 0.15) is 40.5 Å². The van der Waals surface area contributed by atoms with Crippen LogP contribution < -0.4 is 0 Å². The fourth-order valence-electron chi connectivity index (χ4n) is 1.76. The molecule has 0 radical (unpaired) electrons. The molecule has 0 heterocycles. The van der Waals surface area contributed by atoms with Gasteiger partial charge in [0.2, 0.25) is 0 Å². The van der Waals surface area contributed by atoms with Crippen molar-refractivity contribution in [2.75, 3.05) is 0 Å². The average Bonchev–Trinajstić information content (AvgIpc) is 2.25. The molecule has 0 spiro atoms. The molecule has 0 aromatic heterocycles. The summed E-state index contributed by atoms with van der Waals surface area (Å²) in [5.41, 5.74) is 3.66. The van der Waals surface area contributed by atoms with E-state index in [2.05, 4.69) is 32.9 Å². The summed E-state index contributed by atoms with van der Waals surface area (Å²) in [7, 11) is 0. The molecule has 1 fully saturated rings. The van der Waals surface area contributed by atoms with E-state index in [0.717, 1.165) is 18.6 Å². The fourth-order valence-corrected chi connectivity index (χ4v) is 1.76. The SMILES string of the molecule is CC(C)=C1CC(C)(C)CC1=NO. The van der Waals surface area contributed by atoms with Crippen LogP contribution in [-0.2, 0) is 0 Å². The Kier molecular flexibility index (Phi) is 2.27. The summed E-state index contributed by atoms with van der Waals surface area (Å²) < 4.78 is 0. The van der Waals surface area contributed by atoms with E-state index in [1.54, 1.807) is 0 Å². The van der Waals surface area contributed by atoms with E-state index in [0.29, 0.717) is 0 Å². The Labute approximate surface area is 74.0 Å². The Morgan fingerprint density at radius 1 is 1.33 bits per heavy atom. The Bertz CT molecular complexity index is 245. The number of nitrogens with zero attached hydrogens (tertiary/aromatic N) is 1. The minimum Gasteiger partial charge on any atom is -0.411 e. The van der Waals surface area contributed by atoms with Gasteiger partial charge < -0.3 is 5.21 Å². The van der Waals surface area contributed by atoms with Crippen LogP contribution in [0.5, 0.6) is 0 Å². The first-order chi connectivity index (χ1) is 5.46. The molecule has 0 aliphatic heterocycles. The van der Waals surface area contributed by atoms with Crippen molar-refractivity contribution in [3.05, 3.63) is 11.1 Å². The summed E-state index contributed by atoms with van der Waals surface area (Å²) in [6.45, 7) is 8.55. The summed E-state index contributed by atoms with van der Waals surface area (Å²) in [6, 6.07) is 0. The topological polar surface area (TPSA) is 32.6 Å². The first kappa shape index (κ1) is 9.30. The molecule has 0 unspecified atom stereocenters. The lowest BCUT2D eigenvalue weighted by molar-refractivity contribution is 0.316. The highest BCUT2D eigenvalue weighted by atomic mass is 16.4. The zero-order valence-corrected chi connectivity index (χ0v) is 8.31. The van der Waals surface area contributed by atoms with Crippen LogP contribution in [0, 0.1) is 5.41 Å². The summed E-state index contributed by atoms with van der Waals surface area (Å²) in [5.74, 6) is 0. The van der Waals surface area contributed by atoms with Crippen LogP contribution in [0.3, 0.4) is 0 Å². The molecular weight excluding hydrogens is 150 g/mol. The molecule has 0 amide bonds. The molecule has 68 valence electrons. The van der Waals surface area contributed by atoms with Gasteiger partial charge in [-0.15, -0.1) is 0 Å². The molecule has 1 aliphatic carbocycles. The zero-order valence-electron chi connectivity index (χ0n) is 8.31. The minimum absolute atomic E-state index is 0.272. The first-order valence-corrected chi connectivity index (χ1v) is 4.34. The highest BCUT2D eigenvalue weighted by molar-refractivity contribution is 6.03. The third-order valence-electron chi connectivity index (χ3n) is 2.37. The molecule has 2 nitrogen and oxygen atoms in total. The second-order valence-electron chi connectivity index (χ2n) is 4.54. The minimum atomic E-state index is 0.272. The smallest absolute Gasteiger partial charge is 0.0832 e. The largest absolute Gasteiger partial charge is 0.411 e. The van der Waals surface area contributed by atoms with Gasteiger partial charge in [0, 0.05) is 0 Å². The Hall–Kier alpha value is -0.790. The number of oxime groups is 1. The number of hydrogen-bond acceptors (Lipinski definition) is 2. The molecule has 0 aromatic rings. The second kappa shape index (κ2) is 2.92. The van der Waals surface area contributed by atoms with E-state index >= 15 is 0 Å². The first-order valence-electron chi connectivity index (χ1n) is 4.34. The maximum atomic E-state index is 8.77. The van der Waals surface area contributed by atoms with Crippen LogP contribution in [-0.4, -0.2) is 10.9 Å². The number of hydrogen-bond donors (Lipinski definition) is 1. The van der Waals surface area contributed by atoms with Gasteiger partial charge in [0.25, 0.3) is 0 Å². The van der Waals surface area contributed by atoms with Crippen molar-refractivity contribution < 1.29 is 5.21 Å². The average molecular weight is 167 g/mol. The lowest BCUT2D eigenvalue weighted by Gasteiger charge is -2.13. The van der Waals surface area contributed by atoms with E-state index in [9.17, 15) is 0 Å². The number of rotatable bonds is 0. The van der Waals surface area contributed by atoms with Gasteiger partial charge in [-0.1, -0.05) is 24.6 Å². The van der Waals surface area contributed by atoms with Gasteiger partial charge in [-0.05, 0) is 37.7 Å². The molecule has 0 aromatic carbocycles. The van der Waals surface area contributed by atoms with Gasteiger partial charge in [0.05, 0.1) is 5.71 Å². The molecule has 0 bridgehead atoms. The standard InChI is InChI=1S/C10H17NO/c1-7(2)8-5-10(3,4)6-9(8)11-12/h12H,5-6H2,1-4H3. The van der Waals surface area contributed by atoms with Crippen molar-refractivity contribution in [1.82, 2.24) is 0 Å². The third-order valence-corrected chi connectivity index (χ3v) is 2.37. The van der Waals surface area contributed by atoms with E-state index in [1.165, 1.54) is 11.1 Å². The van der Waals surface area contributed by atoms with Crippen LogP contribution >= 0.6 is 0 Å². The van der Waals surface area contributed by atoms with E-state index in [4.69, 9.17) is 5.21 Å². The fraction of sp³-hybridized carbons (Fsp3) is 0.700. The zero-order chi connectivity index (χ0) is 9.35. The van der Waals surface area contributed by atoms with E-state index in [-0.39, 0.29) is 5.41 Å². The molecule has 1 saturated carbocycles. The summed E-state index contributed by atoms with van der Waals surface area (Å²) in [5, 5.41) is 12.1. The van der Waals surface area contributed by atoms with E-state index < -0.39 is 0 Å². The maximum Gasteiger partial charge on any atom is 0.0832 e. The quantitative estimate of drug-likeness (QED) is 0.436. The molecule has 1 rings (SSSR count).